The number of hydrogen-bond acceptors (Lipinski definition) is 5. The molecule has 1 aliphatic rings. The van der Waals surface area contributed by atoms with Crippen LogP contribution in [0.15, 0.2) is 42.5 Å². The summed E-state index contributed by atoms with van der Waals surface area (Å²) in [5.74, 6) is 1.97. The number of benzene rings is 2. The Balaban J connectivity index is 1.66. The summed E-state index contributed by atoms with van der Waals surface area (Å²) in [4.78, 5) is 16.7. The highest BCUT2D eigenvalue weighted by molar-refractivity contribution is 5.93. The molecule has 7 nitrogen and oxygen atoms in total. The van der Waals surface area contributed by atoms with Gasteiger partial charge in [0.2, 0.25) is 0 Å². The third-order valence-electron chi connectivity index (χ3n) is 4.65. The van der Waals surface area contributed by atoms with Gasteiger partial charge in [-0.25, -0.2) is 4.79 Å². The van der Waals surface area contributed by atoms with Gasteiger partial charge in [-0.05, 0) is 24.3 Å². The molecule has 1 heterocycles. The molecule has 0 atom stereocenters. The third-order valence-corrected chi connectivity index (χ3v) is 4.65. The summed E-state index contributed by atoms with van der Waals surface area (Å²) in [7, 11) is 4.80. The number of anilines is 2. The predicted molar refractivity (Wildman–Crippen MR) is 105 cm³/mol. The Kier molecular flexibility index (Phi) is 5.90. The SMILES string of the molecule is COc1ccccc1N1CCN(C(=O)Nc2c(OC)cccc2OC)CC1. The Hall–Kier alpha value is -3.09. The summed E-state index contributed by atoms with van der Waals surface area (Å²) in [6.45, 7) is 2.69. The normalized spacial score (nSPS) is 13.9. The largest absolute Gasteiger partial charge is 0.495 e. The number of carbonyl (C=O) groups is 1. The zero-order valence-electron chi connectivity index (χ0n) is 15.9. The van der Waals surface area contributed by atoms with E-state index >= 15 is 0 Å². The Labute approximate surface area is 159 Å². The van der Waals surface area contributed by atoms with Crippen LogP contribution in [-0.2, 0) is 0 Å². The van der Waals surface area contributed by atoms with Gasteiger partial charge in [0.25, 0.3) is 0 Å². The van der Waals surface area contributed by atoms with Crippen molar-refractivity contribution in [2.45, 2.75) is 0 Å². The van der Waals surface area contributed by atoms with Gasteiger partial charge in [-0.15, -0.1) is 0 Å². The Morgan fingerprint density at radius 1 is 0.815 bits per heavy atom. The minimum absolute atomic E-state index is 0.169. The zero-order valence-corrected chi connectivity index (χ0v) is 15.9. The van der Waals surface area contributed by atoms with Crippen molar-refractivity contribution in [2.24, 2.45) is 0 Å². The molecule has 0 unspecified atom stereocenters. The van der Waals surface area contributed by atoms with Gasteiger partial charge in [0.05, 0.1) is 27.0 Å². The fourth-order valence-electron chi connectivity index (χ4n) is 3.20. The first kappa shape index (κ1) is 18.7. The van der Waals surface area contributed by atoms with Crippen molar-refractivity contribution >= 4 is 17.4 Å². The lowest BCUT2D eigenvalue weighted by molar-refractivity contribution is 0.208. The minimum atomic E-state index is -0.169. The number of urea groups is 1. The van der Waals surface area contributed by atoms with Crippen molar-refractivity contribution in [3.8, 4) is 17.2 Å². The quantitative estimate of drug-likeness (QED) is 0.875. The van der Waals surface area contributed by atoms with Crippen LogP contribution in [0.1, 0.15) is 0 Å². The molecule has 2 amide bonds. The lowest BCUT2D eigenvalue weighted by atomic mass is 10.2. The Morgan fingerprint density at radius 2 is 1.37 bits per heavy atom. The standard InChI is InChI=1S/C20H25N3O4/c1-25-16-8-5-4-7-15(16)22-11-13-23(14-12-22)20(24)21-19-17(26-2)9-6-10-18(19)27-3/h4-10H,11-14H2,1-3H3,(H,21,24). The van der Waals surface area contributed by atoms with Crippen molar-refractivity contribution in [1.82, 2.24) is 4.90 Å². The molecule has 2 aromatic carbocycles. The molecular weight excluding hydrogens is 346 g/mol. The lowest BCUT2D eigenvalue weighted by Gasteiger charge is -2.36. The average molecular weight is 371 g/mol. The molecule has 1 saturated heterocycles. The molecule has 2 aromatic rings. The number of rotatable bonds is 5. The van der Waals surface area contributed by atoms with Crippen LogP contribution in [0.2, 0.25) is 0 Å². The van der Waals surface area contributed by atoms with Crippen LogP contribution in [0.5, 0.6) is 17.2 Å². The summed E-state index contributed by atoms with van der Waals surface area (Å²) < 4.78 is 16.1. The smallest absolute Gasteiger partial charge is 0.322 e. The average Bonchev–Trinajstić information content (AvgIpc) is 2.73. The first-order valence-corrected chi connectivity index (χ1v) is 8.82. The van der Waals surface area contributed by atoms with Crippen molar-refractivity contribution in [1.29, 1.82) is 0 Å². The predicted octanol–water partition coefficient (Wildman–Crippen LogP) is 3.07. The topological polar surface area (TPSA) is 63.3 Å². The number of hydrogen-bond donors (Lipinski definition) is 1. The molecule has 0 saturated carbocycles. The molecule has 3 rings (SSSR count). The summed E-state index contributed by atoms with van der Waals surface area (Å²) in [6.07, 6.45) is 0. The molecule has 1 fully saturated rings. The van der Waals surface area contributed by atoms with Crippen LogP contribution < -0.4 is 24.4 Å². The molecule has 144 valence electrons. The number of piperazine rings is 1. The highest BCUT2D eigenvalue weighted by Gasteiger charge is 2.24. The fourth-order valence-corrected chi connectivity index (χ4v) is 3.20. The van der Waals surface area contributed by atoms with Crippen LogP contribution in [0.4, 0.5) is 16.2 Å². The maximum absolute atomic E-state index is 12.7. The van der Waals surface area contributed by atoms with Gasteiger partial charge in [0.1, 0.15) is 22.9 Å². The maximum Gasteiger partial charge on any atom is 0.322 e. The van der Waals surface area contributed by atoms with E-state index in [1.165, 1.54) is 0 Å². The van der Waals surface area contributed by atoms with Gasteiger partial charge in [-0.3, -0.25) is 0 Å². The molecule has 1 N–H and O–H groups in total. The first-order valence-electron chi connectivity index (χ1n) is 8.82. The van der Waals surface area contributed by atoms with Gasteiger partial charge < -0.3 is 29.3 Å². The van der Waals surface area contributed by atoms with Crippen LogP contribution in [0, 0.1) is 0 Å². The summed E-state index contributed by atoms with van der Waals surface area (Å²) in [5.41, 5.74) is 1.59. The van der Waals surface area contributed by atoms with Crippen LogP contribution in [0.3, 0.4) is 0 Å². The molecule has 27 heavy (non-hydrogen) atoms. The van der Waals surface area contributed by atoms with E-state index in [0.717, 1.165) is 24.5 Å². The summed E-state index contributed by atoms with van der Waals surface area (Å²) in [6, 6.07) is 13.2. The number of nitrogens with one attached hydrogen (secondary N) is 1. The van der Waals surface area contributed by atoms with E-state index in [1.807, 2.05) is 30.3 Å². The lowest BCUT2D eigenvalue weighted by Crippen LogP contribution is -2.50. The minimum Gasteiger partial charge on any atom is -0.495 e. The first-order chi connectivity index (χ1) is 13.2. The van der Waals surface area contributed by atoms with Crippen molar-refractivity contribution < 1.29 is 19.0 Å². The molecule has 7 heteroatoms. The molecule has 0 aliphatic carbocycles. The summed E-state index contributed by atoms with van der Waals surface area (Å²) in [5, 5.41) is 2.92. The molecule has 0 radical (unpaired) electrons. The second kappa shape index (κ2) is 8.53. The maximum atomic E-state index is 12.7. The van der Waals surface area contributed by atoms with E-state index in [4.69, 9.17) is 14.2 Å². The Morgan fingerprint density at radius 3 is 1.96 bits per heavy atom. The van der Waals surface area contributed by atoms with E-state index in [9.17, 15) is 4.79 Å². The number of amides is 2. The van der Waals surface area contributed by atoms with Gasteiger partial charge in [0.15, 0.2) is 0 Å². The number of carbonyl (C=O) groups excluding carboxylic acids is 1. The highest BCUT2D eigenvalue weighted by atomic mass is 16.5. The van der Waals surface area contributed by atoms with Crippen molar-refractivity contribution in [2.75, 3.05) is 57.7 Å². The zero-order chi connectivity index (χ0) is 19.2. The molecule has 1 aliphatic heterocycles. The van der Waals surface area contributed by atoms with E-state index in [1.54, 1.807) is 38.4 Å². The van der Waals surface area contributed by atoms with Gasteiger partial charge in [0, 0.05) is 26.2 Å². The number of methoxy groups -OCH3 is 3. The fraction of sp³-hybridized carbons (Fsp3) is 0.350. The van der Waals surface area contributed by atoms with Gasteiger partial charge in [-0.1, -0.05) is 18.2 Å². The van der Waals surface area contributed by atoms with Gasteiger partial charge >= 0.3 is 6.03 Å². The van der Waals surface area contributed by atoms with Crippen LogP contribution in [-0.4, -0.2) is 58.4 Å². The Bertz CT molecular complexity index is 766. The second-order valence-electron chi connectivity index (χ2n) is 6.11. The van der Waals surface area contributed by atoms with E-state index in [-0.39, 0.29) is 6.03 Å². The number of ether oxygens (including phenoxy) is 3. The monoisotopic (exact) mass is 371 g/mol. The summed E-state index contributed by atoms with van der Waals surface area (Å²) >= 11 is 0. The molecule has 0 spiro atoms. The van der Waals surface area contributed by atoms with Crippen LogP contribution in [0.25, 0.3) is 0 Å². The van der Waals surface area contributed by atoms with E-state index < -0.39 is 0 Å². The number of nitrogens with zero attached hydrogens (tertiary/aromatic N) is 2. The highest BCUT2D eigenvalue weighted by Crippen LogP contribution is 2.34. The second-order valence-corrected chi connectivity index (χ2v) is 6.11. The van der Waals surface area contributed by atoms with Crippen LogP contribution >= 0.6 is 0 Å². The molecule has 0 bridgehead atoms. The molecular formula is C20H25N3O4. The molecule has 0 aromatic heterocycles. The number of para-hydroxylation sites is 3. The van der Waals surface area contributed by atoms with Crippen molar-refractivity contribution in [3.63, 3.8) is 0 Å². The van der Waals surface area contributed by atoms with Gasteiger partial charge in [-0.2, -0.15) is 0 Å². The third kappa shape index (κ3) is 4.02. The van der Waals surface area contributed by atoms with Crippen molar-refractivity contribution in [3.05, 3.63) is 42.5 Å². The van der Waals surface area contributed by atoms with E-state index in [0.29, 0.717) is 30.3 Å². The van der Waals surface area contributed by atoms with E-state index in [2.05, 4.69) is 10.2 Å².